The number of sulfone groups is 1. The van der Waals surface area contributed by atoms with Gasteiger partial charge in [0.1, 0.15) is 5.75 Å². The fourth-order valence-electron chi connectivity index (χ4n) is 2.83. The number of rotatable bonds is 8. The van der Waals surface area contributed by atoms with Crippen LogP contribution >= 0.6 is 0 Å². The number of aryl methyl sites for hydroxylation is 2. The average molecular weight is 447 g/mol. The minimum atomic E-state index is -3.45. The van der Waals surface area contributed by atoms with Crippen LogP contribution in [0.5, 0.6) is 11.8 Å². The highest BCUT2D eigenvalue weighted by Crippen LogP contribution is 2.27. The maximum atomic E-state index is 14.2. The van der Waals surface area contributed by atoms with Gasteiger partial charge in [-0.05, 0) is 31.0 Å². The number of unbranched alkanes of at least 4 members (excludes halogenated alkanes) is 1. The Balaban J connectivity index is 2.07. The van der Waals surface area contributed by atoms with Gasteiger partial charge in [-0.2, -0.15) is 9.97 Å². The molecule has 0 N–H and O–H groups in total. The van der Waals surface area contributed by atoms with E-state index in [0.29, 0.717) is 17.5 Å². The summed E-state index contributed by atoms with van der Waals surface area (Å²) >= 11 is 0. The lowest BCUT2D eigenvalue weighted by Gasteiger charge is -2.11. The highest BCUT2D eigenvalue weighted by Gasteiger charge is 2.19. The Bertz CT molecular complexity index is 1240. The van der Waals surface area contributed by atoms with E-state index in [0.717, 1.165) is 6.42 Å². The monoisotopic (exact) mass is 446 g/mol. The molecule has 10 heteroatoms. The molecule has 0 unspecified atom stereocenters. The van der Waals surface area contributed by atoms with E-state index < -0.39 is 21.4 Å². The predicted octanol–water partition coefficient (Wildman–Crippen LogP) is 3.19. The number of halogens is 1. The summed E-state index contributed by atoms with van der Waals surface area (Å²) in [4.78, 5) is 24.3. The molecule has 0 saturated carbocycles. The Morgan fingerprint density at radius 1 is 1.13 bits per heavy atom. The van der Waals surface area contributed by atoms with Gasteiger partial charge in [-0.25, -0.2) is 17.8 Å². The second-order valence-electron chi connectivity index (χ2n) is 7.16. The number of pyridine rings is 1. The van der Waals surface area contributed by atoms with E-state index in [4.69, 9.17) is 4.74 Å². The zero-order chi connectivity index (χ0) is 22.6. The largest absolute Gasteiger partial charge is 0.421 e. The van der Waals surface area contributed by atoms with Gasteiger partial charge in [0.15, 0.2) is 33.1 Å². The molecule has 3 aromatic rings. The number of benzene rings is 1. The second-order valence-corrected chi connectivity index (χ2v) is 9.34. The van der Waals surface area contributed by atoms with Gasteiger partial charge in [0, 0.05) is 24.9 Å². The van der Waals surface area contributed by atoms with Crippen molar-refractivity contribution >= 4 is 9.84 Å². The third-order valence-electron chi connectivity index (χ3n) is 4.52. The van der Waals surface area contributed by atoms with Crippen LogP contribution in [0.2, 0.25) is 0 Å². The van der Waals surface area contributed by atoms with Gasteiger partial charge >= 0.3 is 6.01 Å². The Labute approximate surface area is 179 Å². The molecule has 1 aromatic carbocycles. The molecular formula is C21H23FN4O4S. The third-order valence-corrected chi connectivity index (χ3v) is 6.13. The SMILES string of the molecule is CCCCS(=O)(=O)Cc1nc(Oc2c(C)cccc2F)nc(-c2ccc(=O)n(C)c2)n1. The molecule has 0 amide bonds. The topological polar surface area (TPSA) is 104 Å². The molecular weight excluding hydrogens is 423 g/mol. The fraction of sp³-hybridized carbons (Fsp3) is 0.333. The number of hydrogen-bond acceptors (Lipinski definition) is 7. The molecule has 0 spiro atoms. The summed E-state index contributed by atoms with van der Waals surface area (Å²) in [6.45, 7) is 3.57. The highest BCUT2D eigenvalue weighted by atomic mass is 32.2. The van der Waals surface area contributed by atoms with Crippen molar-refractivity contribution < 1.29 is 17.5 Å². The van der Waals surface area contributed by atoms with E-state index in [1.165, 1.54) is 29.0 Å². The van der Waals surface area contributed by atoms with Crippen LogP contribution in [0.15, 0.2) is 41.3 Å². The minimum Gasteiger partial charge on any atom is -0.421 e. The van der Waals surface area contributed by atoms with Gasteiger partial charge in [-0.3, -0.25) is 4.79 Å². The number of hydrogen-bond donors (Lipinski definition) is 0. The maximum absolute atomic E-state index is 14.2. The molecule has 0 aliphatic heterocycles. The standard InChI is InChI=1S/C21H23FN4O4S/c1-4-5-11-31(28,29)13-17-23-20(15-9-10-18(27)26(3)12-15)25-21(24-17)30-19-14(2)7-6-8-16(19)22/h6-10,12H,4-5,11,13H2,1-3H3. The number of aromatic nitrogens is 4. The average Bonchev–Trinajstić information content (AvgIpc) is 2.71. The van der Waals surface area contributed by atoms with Gasteiger partial charge in [0.2, 0.25) is 5.56 Å². The van der Waals surface area contributed by atoms with Gasteiger partial charge in [-0.15, -0.1) is 0 Å². The first-order valence-corrected chi connectivity index (χ1v) is 11.6. The summed E-state index contributed by atoms with van der Waals surface area (Å²) in [5, 5.41) is 0. The van der Waals surface area contributed by atoms with E-state index in [-0.39, 0.29) is 34.7 Å². The molecule has 2 aromatic heterocycles. The van der Waals surface area contributed by atoms with Crippen LogP contribution in [0.3, 0.4) is 0 Å². The first kappa shape index (κ1) is 22.5. The summed E-state index contributed by atoms with van der Waals surface area (Å²) < 4.78 is 46.0. The lowest BCUT2D eigenvalue weighted by molar-refractivity contribution is 0.405. The van der Waals surface area contributed by atoms with E-state index in [2.05, 4.69) is 15.0 Å². The highest BCUT2D eigenvalue weighted by molar-refractivity contribution is 7.90. The second kappa shape index (κ2) is 9.34. The van der Waals surface area contributed by atoms with Crippen LogP contribution in [0.1, 0.15) is 31.2 Å². The molecule has 0 radical (unpaired) electrons. The Kier molecular flexibility index (Phi) is 6.79. The summed E-state index contributed by atoms with van der Waals surface area (Å²) in [5.74, 6) is -0.941. The normalized spacial score (nSPS) is 11.5. The van der Waals surface area contributed by atoms with E-state index in [9.17, 15) is 17.6 Å². The van der Waals surface area contributed by atoms with Crippen LogP contribution < -0.4 is 10.3 Å². The summed E-state index contributed by atoms with van der Waals surface area (Å²) in [6, 6.07) is 7.10. The van der Waals surface area contributed by atoms with Crippen molar-refractivity contribution in [2.24, 2.45) is 7.05 Å². The lowest BCUT2D eigenvalue weighted by atomic mass is 10.2. The van der Waals surface area contributed by atoms with Crippen molar-refractivity contribution in [2.75, 3.05) is 5.75 Å². The molecule has 164 valence electrons. The Morgan fingerprint density at radius 3 is 2.58 bits per heavy atom. The molecule has 0 saturated heterocycles. The van der Waals surface area contributed by atoms with Crippen molar-refractivity contribution in [3.05, 3.63) is 64.1 Å². The fourth-order valence-corrected chi connectivity index (χ4v) is 4.23. The first-order valence-electron chi connectivity index (χ1n) is 9.74. The van der Waals surface area contributed by atoms with Crippen LogP contribution in [0.25, 0.3) is 11.4 Å². The number of ether oxygens (including phenoxy) is 1. The minimum absolute atomic E-state index is 0.00691. The molecule has 3 rings (SSSR count). The third kappa shape index (κ3) is 5.72. The van der Waals surface area contributed by atoms with Crippen LogP contribution in [0.4, 0.5) is 4.39 Å². The molecule has 0 aliphatic carbocycles. The molecule has 2 heterocycles. The molecule has 0 fully saturated rings. The van der Waals surface area contributed by atoms with Crippen molar-refractivity contribution in [2.45, 2.75) is 32.4 Å². The van der Waals surface area contributed by atoms with Gasteiger partial charge < -0.3 is 9.30 Å². The van der Waals surface area contributed by atoms with Crippen molar-refractivity contribution in [3.63, 3.8) is 0 Å². The van der Waals surface area contributed by atoms with E-state index >= 15 is 0 Å². The summed E-state index contributed by atoms with van der Waals surface area (Å²) in [6.07, 6.45) is 2.78. The number of para-hydroxylation sites is 1. The molecule has 31 heavy (non-hydrogen) atoms. The quantitative estimate of drug-likeness (QED) is 0.523. The summed E-state index contributed by atoms with van der Waals surface area (Å²) in [7, 11) is -1.88. The van der Waals surface area contributed by atoms with E-state index in [1.807, 2.05) is 6.92 Å². The van der Waals surface area contributed by atoms with Crippen molar-refractivity contribution in [1.82, 2.24) is 19.5 Å². The van der Waals surface area contributed by atoms with Gasteiger partial charge in [0.05, 0.1) is 5.75 Å². The number of nitrogens with zero attached hydrogens (tertiary/aromatic N) is 4. The van der Waals surface area contributed by atoms with E-state index in [1.54, 1.807) is 26.1 Å². The smallest absolute Gasteiger partial charge is 0.325 e. The zero-order valence-corrected chi connectivity index (χ0v) is 18.3. The Morgan fingerprint density at radius 2 is 1.90 bits per heavy atom. The predicted molar refractivity (Wildman–Crippen MR) is 114 cm³/mol. The van der Waals surface area contributed by atoms with Gasteiger partial charge in [-0.1, -0.05) is 25.5 Å². The molecule has 0 bridgehead atoms. The summed E-state index contributed by atoms with van der Waals surface area (Å²) in [5.41, 5.74) is 0.770. The van der Waals surface area contributed by atoms with Crippen molar-refractivity contribution in [3.8, 4) is 23.1 Å². The zero-order valence-electron chi connectivity index (χ0n) is 17.5. The van der Waals surface area contributed by atoms with Crippen LogP contribution in [0, 0.1) is 12.7 Å². The Hall–Kier alpha value is -3.14. The maximum Gasteiger partial charge on any atom is 0.325 e. The van der Waals surface area contributed by atoms with Crippen LogP contribution in [-0.2, 0) is 22.6 Å². The van der Waals surface area contributed by atoms with Gasteiger partial charge in [0.25, 0.3) is 0 Å². The van der Waals surface area contributed by atoms with Crippen molar-refractivity contribution in [1.29, 1.82) is 0 Å². The lowest BCUT2D eigenvalue weighted by Crippen LogP contribution is -2.15. The molecule has 8 nitrogen and oxygen atoms in total. The molecule has 0 aliphatic rings. The first-order chi connectivity index (χ1) is 14.7. The van der Waals surface area contributed by atoms with Crippen LogP contribution in [-0.4, -0.2) is 33.7 Å². The molecule has 0 atom stereocenters.